The first-order valence-corrected chi connectivity index (χ1v) is 11.9. The molecule has 3 aromatic rings. The van der Waals surface area contributed by atoms with Crippen molar-refractivity contribution in [3.63, 3.8) is 0 Å². The number of benzene rings is 1. The van der Waals surface area contributed by atoms with E-state index in [2.05, 4.69) is 6.92 Å². The van der Waals surface area contributed by atoms with E-state index in [0.717, 1.165) is 46.1 Å². The number of fused-ring (bicyclic) bond motifs is 3. The summed E-state index contributed by atoms with van der Waals surface area (Å²) in [5.41, 5.74) is 2.31. The Bertz CT molecular complexity index is 975. The number of rotatable bonds is 6. The summed E-state index contributed by atoms with van der Waals surface area (Å²) in [5, 5.41) is 1.71. The molecule has 142 valence electrons. The van der Waals surface area contributed by atoms with Crippen molar-refractivity contribution in [2.45, 2.75) is 63.4 Å². The van der Waals surface area contributed by atoms with Gasteiger partial charge < -0.3 is 0 Å². The summed E-state index contributed by atoms with van der Waals surface area (Å²) in [6, 6.07) is 9.99. The van der Waals surface area contributed by atoms with E-state index in [1.54, 1.807) is 23.1 Å². The van der Waals surface area contributed by atoms with Crippen LogP contribution in [-0.2, 0) is 12.8 Å². The van der Waals surface area contributed by atoms with Gasteiger partial charge in [0.2, 0.25) is 0 Å². The van der Waals surface area contributed by atoms with Gasteiger partial charge in [-0.2, -0.15) is 0 Å². The Kier molecular flexibility index (Phi) is 5.98. The van der Waals surface area contributed by atoms with Gasteiger partial charge in [0, 0.05) is 10.6 Å². The number of aryl methyl sites for hydroxylation is 2. The third-order valence-electron chi connectivity index (χ3n) is 5.20. The van der Waals surface area contributed by atoms with E-state index >= 15 is 0 Å². The maximum Gasteiger partial charge on any atom is 0.267 e. The maximum absolute atomic E-state index is 13.6. The van der Waals surface area contributed by atoms with Crippen LogP contribution in [0.5, 0.6) is 0 Å². The molecule has 0 spiro atoms. The minimum atomic E-state index is 0.114. The van der Waals surface area contributed by atoms with Gasteiger partial charge in [0.25, 0.3) is 5.56 Å². The van der Waals surface area contributed by atoms with Crippen LogP contribution in [-0.4, -0.2) is 15.3 Å². The average molecular weight is 399 g/mol. The number of unbranched alkanes of at least 4 members (excludes halogenated alkanes) is 2. The molecular formula is C22H26N2OS2. The molecule has 0 saturated heterocycles. The van der Waals surface area contributed by atoms with Crippen LogP contribution in [0.15, 0.2) is 40.3 Å². The normalized spacial score (nSPS) is 14.3. The largest absolute Gasteiger partial charge is 0.268 e. The van der Waals surface area contributed by atoms with Crippen LogP contribution >= 0.6 is 23.1 Å². The summed E-state index contributed by atoms with van der Waals surface area (Å²) < 4.78 is 1.84. The molecule has 1 aliphatic rings. The van der Waals surface area contributed by atoms with Gasteiger partial charge in [-0.15, -0.1) is 11.3 Å². The molecule has 0 radical (unpaired) electrons. The van der Waals surface area contributed by atoms with Crippen molar-refractivity contribution in [2.24, 2.45) is 0 Å². The van der Waals surface area contributed by atoms with Gasteiger partial charge in [0.05, 0.1) is 11.1 Å². The molecule has 0 bridgehead atoms. The Hall–Kier alpha value is -1.59. The van der Waals surface area contributed by atoms with E-state index in [1.807, 2.05) is 34.9 Å². The van der Waals surface area contributed by atoms with Gasteiger partial charge in [-0.3, -0.25) is 9.36 Å². The molecule has 2 heterocycles. The average Bonchev–Trinajstić information content (AvgIpc) is 2.87. The van der Waals surface area contributed by atoms with Crippen LogP contribution < -0.4 is 5.56 Å². The molecule has 5 heteroatoms. The molecule has 2 aromatic heterocycles. The predicted octanol–water partition coefficient (Wildman–Crippen LogP) is 6.00. The zero-order chi connectivity index (χ0) is 18.6. The number of nitrogens with zero attached hydrogens (tertiary/aromatic N) is 2. The highest BCUT2D eigenvalue weighted by molar-refractivity contribution is 7.99. The second-order valence-electron chi connectivity index (χ2n) is 7.17. The molecule has 3 nitrogen and oxygen atoms in total. The summed E-state index contributed by atoms with van der Waals surface area (Å²) in [7, 11) is 0. The van der Waals surface area contributed by atoms with E-state index in [1.165, 1.54) is 42.5 Å². The smallest absolute Gasteiger partial charge is 0.267 e. The Morgan fingerprint density at radius 2 is 1.93 bits per heavy atom. The Labute approximate surface area is 168 Å². The van der Waals surface area contributed by atoms with Crippen LogP contribution in [0.4, 0.5) is 0 Å². The topological polar surface area (TPSA) is 34.9 Å². The van der Waals surface area contributed by atoms with E-state index in [-0.39, 0.29) is 5.56 Å². The first-order valence-electron chi connectivity index (χ1n) is 10.0. The number of hydrogen-bond donors (Lipinski definition) is 0. The number of thiophene rings is 1. The van der Waals surface area contributed by atoms with Crippen LogP contribution in [0.25, 0.3) is 15.9 Å². The summed E-state index contributed by atoms with van der Waals surface area (Å²) in [4.78, 5) is 20.9. The lowest BCUT2D eigenvalue weighted by atomic mass is 10.1. The van der Waals surface area contributed by atoms with Crippen molar-refractivity contribution < 1.29 is 0 Å². The fraction of sp³-hybridized carbons (Fsp3) is 0.455. The summed E-state index contributed by atoms with van der Waals surface area (Å²) >= 11 is 3.47. The molecule has 0 unspecified atom stereocenters. The van der Waals surface area contributed by atoms with Crippen LogP contribution in [0.1, 0.15) is 55.9 Å². The summed E-state index contributed by atoms with van der Waals surface area (Å²) in [6.45, 7) is 2.22. The first kappa shape index (κ1) is 18.8. The molecule has 27 heavy (non-hydrogen) atoms. The Balaban J connectivity index is 1.86. The molecule has 0 N–H and O–H groups in total. The molecule has 1 aliphatic carbocycles. The van der Waals surface area contributed by atoms with Crippen LogP contribution in [0.3, 0.4) is 0 Å². The van der Waals surface area contributed by atoms with Crippen molar-refractivity contribution >= 4 is 33.3 Å². The predicted molar refractivity (Wildman–Crippen MR) is 117 cm³/mol. The Morgan fingerprint density at radius 1 is 1.11 bits per heavy atom. The third-order valence-corrected chi connectivity index (χ3v) is 7.41. The number of para-hydroxylation sites is 1. The zero-order valence-electron chi connectivity index (χ0n) is 15.9. The minimum absolute atomic E-state index is 0.114. The van der Waals surface area contributed by atoms with Crippen molar-refractivity contribution in [3.05, 3.63) is 51.1 Å². The lowest BCUT2D eigenvalue weighted by Crippen LogP contribution is -2.22. The van der Waals surface area contributed by atoms with E-state index in [9.17, 15) is 4.79 Å². The quantitative estimate of drug-likeness (QED) is 0.221. The fourth-order valence-corrected chi connectivity index (χ4v) is 6.09. The lowest BCUT2D eigenvalue weighted by molar-refractivity contribution is 0.713. The number of hydrogen-bond acceptors (Lipinski definition) is 4. The van der Waals surface area contributed by atoms with Gasteiger partial charge in [-0.1, -0.05) is 56.1 Å². The van der Waals surface area contributed by atoms with Crippen LogP contribution in [0, 0.1) is 0 Å². The molecule has 1 aromatic carbocycles. The minimum Gasteiger partial charge on any atom is -0.268 e. The lowest BCUT2D eigenvalue weighted by Gasteiger charge is -2.12. The second-order valence-corrected chi connectivity index (χ2v) is 9.32. The maximum atomic E-state index is 13.6. The number of thioether (sulfide) groups is 1. The van der Waals surface area contributed by atoms with E-state index < -0.39 is 0 Å². The highest BCUT2D eigenvalue weighted by atomic mass is 32.2. The molecular weight excluding hydrogens is 372 g/mol. The fourth-order valence-electron chi connectivity index (χ4n) is 3.78. The zero-order valence-corrected chi connectivity index (χ0v) is 17.5. The van der Waals surface area contributed by atoms with E-state index in [4.69, 9.17) is 4.98 Å². The van der Waals surface area contributed by atoms with E-state index in [0.29, 0.717) is 0 Å². The molecule has 0 atom stereocenters. The van der Waals surface area contributed by atoms with Crippen LogP contribution in [0.2, 0.25) is 0 Å². The van der Waals surface area contributed by atoms with Gasteiger partial charge in [0.1, 0.15) is 4.83 Å². The molecule has 4 rings (SSSR count). The Morgan fingerprint density at radius 3 is 2.74 bits per heavy atom. The van der Waals surface area contributed by atoms with Gasteiger partial charge in [-0.05, 0) is 49.8 Å². The molecule has 0 amide bonds. The molecule has 0 fully saturated rings. The first-order chi connectivity index (χ1) is 13.3. The van der Waals surface area contributed by atoms with Gasteiger partial charge >= 0.3 is 0 Å². The van der Waals surface area contributed by atoms with Crippen molar-refractivity contribution in [1.29, 1.82) is 0 Å². The third kappa shape index (κ3) is 3.85. The number of aromatic nitrogens is 2. The standard InChI is InChI=1S/C22H26N2OS2/c1-2-3-10-15-26-22-23-20-19(17-13-8-5-9-14-18(17)27-20)21(25)24(22)16-11-6-4-7-12-16/h4,6-7,11-12H,2-3,5,8-10,13-15H2,1H3. The monoisotopic (exact) mass is 398 g/mol. The van der Waals surface area contributed by atoms with Gasteiger partial charge in [-0.25, -0.2) is 4.98 Å². The van der Waals surface area contributed by atoms with Gasteiger partial charge in [0.15, 0.2) is 5.16 Å². The highest BCUT2D eigenvalue weighted by Crippen LogP contribution is 2.34. The summed E-state index contributed by atoms with van der Waals surface area (Å²) in [6.07, 6.45) is 9.36. The second kappa shape index (κ2) is 8.61. The molecule has 0 saturated carbocycles. The SMILES string of the molecule is CCCCCSc1nc2sc3c(c2c(=O)n1-c1ccccc1)CCCCC3. The summed E-state index contributed by atoms with van der Waals surface area (Å²) in [5.74, 6) is 1.00. The van der Waals surface area contributed by atoms with Crippen molar-refractivity contribution in [1.82, 2.24) is 9.55 Å². The highest BCUT2D eigenvalue weighted by Gasteiger charge is 2.22. The van der Waals surface area contributed by atoms with Crippen molar-refractivity contribution in [3.8, 4) is 5.69 Å². The molecule has 0 aliphatic heterocycles. The van der Waals surface area contributed by atoms with Crippen molar-refractivity contribution in [2.75, 3.05) is 5.75 Å².